The summed E-state index contributed by atoms with van der Waals surface area (Å²) < 4.78 is 10.7. The van der Waals surface area contributed by atoms with Crippen molar-refractivity contribution >= 4 is 17.3 Å². The molecule has 0 fully saturated rings. The van der Waals surface area contributed by atoms with Crippen molar-refractivity contribution < 1.29 is 19.4 Å². The van der Waals surface area contributed by atoms with E-state index in [0.717, 1.165) is 11.4 Å². The van der Waals surface area contributed by atoms with Crippen molar-refractivity contribution in [1.29, 1.82) is 0 Å². The van der Waals surface area contributed by atoms with Crippen molar-refractivity contribution in [1.82, 2.24) is 0 Å². The summed E-state index contributed by atoms with van der Waals surface area (Å²) in [7, 11) is 3.15. The SMILES string of the molecule is COc1cc2c(cc1OC)N(CCCO)C(=O)C(C(C)C)N2. The molecule has 2 rings (SSSR count). The lowest BCUT2D eigenvalue weighted by Gasteiger charge is -2.37. The van der Waals surface area contributed by atoms with Crippen molar-refractivity contribution in [3.05, 3.63) is 12.1 Å². The molecule has 0 bridgehead atoms. The second-order valence-corrected chi connectivity index (χ2v) is 5.66. The van der Waals surface area contributed by atoms with Crippen LogP contribution < -0.4 is 19.7 Å². The number of carbonyl (C=O) groups is 1. The summed E-state index contributed by atoms with van der Waals surface area (Å²) in [5.41, 5.74) is 1.60. The Morgan fingerprint density at radius 1 is 1.27 bits per heavy atom. The number of hydrogen-bond acceptors (Lipinski definition) is 5. The predicted octanol–water partition coefficient (Wildman–Crippen LogP) is 1.87. The molecule has 122 valence electrons. The van der Waals surface area contributed by atoms with Gasteiger partial charge in [-0.3, -0.25) is 4.79 Å². The Bertz CT molecular complexity index is 545. The van der Waals surface area contributed by atoms with Gasteiger partial charge in [0.15, 0.2) is 11.5 Å². The molecule has 1 unspecified atom stereocenters. The van der Waals surface area contributed by atoms with Gasteiger partial charge in [-0.1, -0.05) is 13.8 Å². The van der Waals surface area contributed by atoms with Crippen LogP contribution >= 0.6 is 0 Å². The number of ether oxygens (including phenoxy) is 2. The lowest BCUT2D eigenvalue weighted by atomic mass is 9.98. The van der Waals surface area contributed by atoms with Crippen molar-refractivity contribution in [3.8, 4) is 11.5 Å². The maximum atomic E-state index is 12.7. The van der Waals surface area contributed by atoms with Crippen LogP contribution in [0.25, 0.3) is 0 Å². The van der Waals surface area contributed by atoms with Gasteiger partial charge in [-0.15, -0.1) is 0 Å². The van der Waals surface area contributed by atoms with E-state index in [0.29, 0.717) is 24.5 Å². The molecule has 1 aromatic rings. The Kier molecular flexibility index (Phi) is 5.13. The number of aliphatic hydroxyl groups excluding tert-OH is 1. The van der Waals surface area contributed by atoms with Crippen molar-refractivity contribution in [2.24, 2.45) is 5.92 Å². The zero-order valence-electron chi connectivity index (χ0n) is 13.5. The number of hydrogen-bond donors (Lipinski definition) is 2. The Balaban J connectivity index is 2.48. The van der Waals surface area contributed by atoms with Crippen LogP contribution in [-0.2, 0) is 4.79 Å². The molecule has 0 aliphatic carbocycles. The van der Waals surface area contributed by atoms with Crippen LogP contribution in [0.15, 0.2) is 12.1 Å². The maximum Gasteiger partial charge on any atom is 0.249 e. The van der Waals surface area contributed by atoms with Crippen molar-refractivity contribution in [2.45, 2.75) is 26.3 Å². The lowest BCUT2D eigenvalue weighted by Crippen LogP contribution is -2.50. The van der Waals surface area contributed by atoms with E-state index in [1.54, 1.807) is 25.2 Å². The third-order valence-electron chi connectivity index (χ3n) is 3.84. The molecule has 1 aliphatic heterocycles. The van der Waals surface area contributed by atoms with Gasteiger partial charge in [-0.25, -0.2) is 0 Å². The molecule has 22 heavy (non-hydrogen) atoms. The van der Waals surface area contributed by atoms with E-state index >= 15 is 0 Å². The van der Waals surface area contributed by atoms with E-state index in [9.17, 15) is 4.79 Å². The van der Waals surface area contributed by atoms with Gasteiger partial charge in [0.2, 0.25) is 5.91 Å². The molecule has 1 atom stereocenters. The summed E-state index contributed by atoms with van der Waals surface area (Å²) in [6.45, 7) is 4.53. The number of rotatable bonds is 6. The fourth-order valence-corrected chi connectivity index (χ4v) is 2.63. The minimum Gasteiger partial charge on any atom is -0.493 e. The van der Waals surface area contributed by atoms with Gasteiger partial charge in [0.05, 0.1) is 25.6 Å². The second-order valence-electron chi connectivity index (χ2n) is 5.66. The van der Waals surface area contributed by atoms with E-state index in [1.165, 1.54) is 0 Å². The molecule has 0 spiro atoms. The van der Waals surface area contributed by atoms with Gasteiger partial charge >= 0.3 is 0 Å². The van der Waals surface area contributed by atoms with E-state index in [-0.39, 0.29) is 24.5 Å². The standard InChI is InChI=1S/C16H24N2O4/c1-10(2)15-16(20)18(6-5-7-19)12-9-14(22-4)13(21-3)8-11(12)17-15/h8-10,15,17,19H,5-7H2,1-4H3. The van der Waals surface area contributed by atoms with E-state index < -0.39 is 0 Å². The first-order valence-corrected chi connectivity index (χ1v) is 7.48. The Labute approximate surface area is 131 Å². The minimum absolute atomic E-state index is 0.0168. The van der Waals surface area contributed by atoms with Gasteiger partial charge < -0.3 is 24.8 Å². The fraction of sp³-hybridized carbons (Fsp3) is 0.562. The fourth-order valence-electron chi connectivity index (χ4n) is 2.63. The third-order valence-corrected chi connectivity index (χ3v) is 3.84. The lowest BCUT2D eigenvalue weighted by molar-refractivity contribution is -0.120. The predicted molar refractivity (Wildman–Crippen MR) is 85.9 cm³/mol. The first kappa shape index (κ1) is 16.4. The van der Waals surface area contributed by atoms with Crippen LogP contribution in [-0.4, -0.2) is 44.4 Å². The summed E-state index contributed by atoms with van der Waals surface area (Å²) in [4.78, 5) is 14.4. The molecule has 2 N–H and O–H groups in total. The number of carbonyl (C=O) groups excluding carboxylic acids is 1. The number of fused-ring (bicyclic) bond motifs is 1. The van der Waals surface area contributed by atoms with Gasteiger partial charge in [-0.2, -0.15) is 0 Å². The minimum atomic E-state index is -0.288. The van der Waals surface area contributed by atoms with Gasteiger partial charge in [0.1, 0.15) is 6.04 Å². The second kappa shape index (κ2) is 6.87. The Hall–Kier alpha value is -1.95. The first-order chi connectivity index (χ1) is 10.5. The number of aliphatic hydroxyl groups is 1. The van der Waals surface area contributed by atoms with Crippen LogP contribution in [0.1, 0.15) is 20.3 Å². The molecule has 6 heteroatoms. The highest BCUT2D eigenvalue weighted by Crippen LogP contribution is 2.41. The Morgan fingerprint density at radius 3 is 2.45 bits per heavy atom. The molecule has 0 aromatic heterocycles. The molecule has 0 saturated carbocycles. The number of nitrogens with one attached hydrogen (secondary N) is 1. The molecule has 0 saturated heterocycles. The third kappa shape index (κ3) is 2.97. The first-order valence-electron chi connectivity index (χ1n) is 7.48. The van der Waals surface area contributed by atoms with Gasteiger partial charge in [-0.05, 0) is 12.3 Å². The summed E-state index contributed by atoms with van der Waals surface area (Å²) in [6.07, 6.45) is 0.532. The van der Waals surface area contributed by atoms with Gasteiger partial charge in [0.25, 0.3) is 0 Å². The summed E-state index contributed by atoms with van der Waals surface area (Å²) >= 11 is 0. The van der Waals surface area contributed by atoms with E-state index in [2.05, 4.69) is 5.32 Å². The summed E-state index contributed by atoms with van der Waals surface area (Å²) in [6, 6.07) is 3.36. The maximum absolute atomic E-state index is 12.7. The van der Waals surface area contributed by atoms with Gasteiger partial charge in [0, 0.05) is 25.3 Å². The molecule has 1 aromatic carbocycles. The van der Waals surface area contributed by atoms with Crippen molar-refractivity contribution in [3.63, 3.8) is 0 Å². The van der Waals surface area contributed by atoms with Crippen LogP contribution in [0.5, 0.6) is 11.5 Å². The normalized spacial score (nSPS) is 17.3. The monoisotopic (exact) mass is 308 g/mol. The molecule has 1 aliphatic rings. The zero-order valence-corrected chi connectivity index (χ0v) is 13.5. The number of amides is 1. The molecular formula is C16H24N2O4. The highest BCUT2D eigenvalue weighted by Gasteiger charge is 2.34. The van der Waals surface area contributed by atoms with Crippen LogP contribution in [0.2, 0.25) is 0 Å². The highest BCUT2D eigenvalue weighted by atomic mass is 16.5. The van der Waals surface area contributed by atoms with Crippen LogP contribution in [0.3, 0.4) is 0 Å². The average Bonchev–Trinajstić information content (AvgIpc) is 2.52. The van der Waals surface area contributed by atoms with E-state index in [4.69, 9.17) is 14.6 Å². The number of nitrogens with zero attached hydrogens (tertiary/aromatic N) is 1. The molecule has 6 nitrogen and oxygen atoms in total. The number of methoxy groups -OCH3 is 2. The quantitative estimate of drug-likeness (QED) is 0.839. The highest BCUT2D eigenvalue weighted by molar-refractivity contribution is 6.05. The zero-order chi connectivity index (χ0) is 16.3. The van der Waals surface area contributed by atoms with Crippen LogP contribution in [0.4, 0.5) is 11.4 Å². The van der Waals surface area contributed by atoms with Crippen molar-refractivity contribution in [2.75, 3.05) is 37.6 Å². The topological polar surface area (TPSA) is 71.0 Å². The molecule has 1 heterocycles. The summed E-state index contributed by atoms with van der Waals surface area (Å²) in [5, 5.41) is 12.4. The molecule has 1 amide bonds. The van der Waals surface area contributed by atoms with E-state index in [1.807, 2.05) is 19.9 Å². The Morgan fingerprint density at radius 2 is 1.91 bits per heavy atom. The largest absolute Gasteiger partial charge is 0.493 e. The summed E-state index contributed by atoms with van der Waals surface area (Å²) in [5.74, 6) is 1.37. The number of anilines is 2. The molecule has 0 radical (unpaired) electrons. The van der Waals surface area contributed by atoms with Crippen LogP contribution in [0, 0.1) is 5.92 Å². The molecular weight excluding hydrogens is 284 g/mol. The number of benzene rings is 1. The average molecular weight is 308 g/mol. The smallest absolute Gasteiger partial charge is 0.249 e.